The van der Waals surface area contributed by atoms with Crippen LogP contribution < -0.4 is 5.32 Å². The van der Waals surface area contributed by atoms with E-state index in [-0.39, 0.29) is 30.0 Å². The molecule has 2 aliphatic heterocycles. The second-order valence-electron chi connectivity index (χ2n) is 6.98. The third-order valence-electron chi connectivity index (χ3n) is 4.65. The molecule has 0 radical (unpaired) electrons. The number of benzene rings is 1. The Morgan fingerprint density at radius 1 is 1.46 bits per heavy atom. The maximum atomic E-state index is 12.7. The number of hydrogen-bond donors (Lipinski definition) is 1. The third kappa shape index (κ3) is 4.51. The van der Waals surface area contributed by atoms with Gasteiger partial charge >= 0.3 is 162 Å². The van der Waals surface area contributed by atoms with Crippen LogP contribution in [0.5, 0.6) is 0 Å². The molecule has 1 amide bonds. The number of ether oxygens (including phenoxy) is 2. The van der Waals surface area contributed by atoms with E-state index in [2.05, 4.69) is 17.2 Å². The number of hydrogen-bond acceptors (Lipinski definition) is 4. The normalized spacial score (nSPS) is 28.1. The summed E-state index contributed by atoms with van der Waals surface area (Å²) in [7, 11) is 0. The molecule has 24 heavy (non-hydrogen) atoms. The van der Waals surface area contributed by atoms with Crippen molar-refractivity contribution in [3.8, 4) is 0 Å². The molecule has 2 fully saturated rings. The summed E-state index contributed by atoms with van der Waals surface area (Å²) in [6, 6.07) is 10.3. The van der Waals surface area contributed by atoms with Gasteiger partial charge in [0, 0.05) is 0 Å². The van der Waals surface area contributed by atoms with Gasteiger partial charge in [0.05, 0.1) is 0 Å². The van der Waals surface area contributed by atoms with Crippen LogP contribution in [0.2, 0.25) is 3.93 Å². The molecule has 3 atom stereocenters. The van der Waals surface area contributed by atoms with E-state index in [1.54, 1.807) is 0 Å². The van der Waals surface area contributed by atoms with Crippen molar-refractivity contribution < 1.29 is 36.4 Å². The monoisotopic (exact) mass is 584 g/mol. The van der Waals surface area contributed by atoms with Gasteiger partial charge in [-0.3, -0.25) is 0 Å². The Bertz CT molecular complexity index is 572. The minimum atomic E-state index is -1.04. The number of nitrogens with zero attached hydrogens (tertiary/aromatic N) is 1. The molecule has 2 saturated heterocycles. The fourth-order valence-electron chi connectivity index (χ4n) is 3.59. The van der Waals surface area contributed by atoms with Crippen LogP contribution in [0.15, 0.2) is 30.3 Å². The first-order chi connectivity index (χ1) is 11.5. The molecule has 0 aliphatic carbocycles. The Morgan fingerprint density at radius 2 is 2.21 bits per heavy atom. The van der Waals surface area contributed by atoms with Gasteiger partial charge < -0.3 is 0 Å². The fraction of sp³-hybridized carbons (Fsp3) is 0.588. The standard InChI is InChI=1S/C17H23N2O3.BrH.Hg/c1-12-9-15-14(18-17(2,3)22-15)10-19(12)16(20)21-11-13-7-5-4-6-8-13;;/h4-8,12,14-15,18H,1,9-11H2,2-3H3;1H;/q;;+1/p-1/t12-,14-,15+;;/m0../s1. The van der Waals surface area contributed by atoms with E-state index in [0.717, 1.165) is 15.9 Å². The summed E-state index contributed by atoms with van der Waals surface area (Å²) in [5.41, 5.74) is 0.698. The van der Waals surface area contributed by atoms with E-state index in [1.165, 1.54) is 0 Å². The van der Waals surface area contributed by atoms with Gasteiger partial charge in [0.1, 0.15) is 0 Å². The van der Waals surface area contributed by atoms with E-state index < -0.39 is 22.1 Å². The predicted molar refractivity (Wildman–Crippen MR) is 91.3 cm³/mol. The SMILES string of the molecule is CC1(C)N[C@H]2CN(C(=O)OCc3ccccc3)[C@@H]([CH2][Hg][Br])C[C@H]2O1. The summed E-state index contributed by atoms with van der Waals surface area (Å²) in [5.74, 6) is 0. The van der Waals surface area contributed by atoms with Crippen LogP contribution in [0.3, 0.4) is 0 Å². The zero-order valence-electron chi connectivity index (χ0n) is 14.2. The number of fused-ring (bicyclic) bond motifs is 1. The Balaban J connectivity index is 1.64. The first-order valence-corrected chi connectivity index (χ1v) is 24.3. The number of halogens is 1. The summed E-state index contributed by atoms with van der Waals surface area (Å²) in [6.45, 7) is 5.07. The van der Waals surface area contributed by atoms with Crippen LogP contribution in [-0.4, -0.2) is 41.5 Å². The molecule has 1 aromatic carbocycles. The number of carbonyl (C=O) groups is 1. The quantitative estimate of drug-likeness (QED) is 0.553. The van der Waals surface area contributed by atoms with Crippen molar-refractivity contribution in [2.75, 3.05) is 6.54 Å². The van der Waals surface area contributed by atoms with Gasteiger partial charge in [-0.15, -0.1) is 0 Å². The predicted octanol–water partition coefficient (Wildman–Crippen LogP) is 3.30. The van der Waals surface area contributed by atoms with Gasteiger partial charge in [-0.25, -0.2) is 0 Å². The van der Waals surface area contributed by atoms with Crippen LogP contribution in [-0.2, 0) is 38.2 Å². The van der Waals surface area contributed by atoms with Gasteiger partial charge in [0.2, 0.25) is 0 Å². The number of likely N-dealkylation sites (tertiary alicyclic amines) is 1. The van der Waals surface area contributed by atoms with Crippen molar-refractivity contribution in [1.29, 1.82) is 0 Å². The second kappa shape index (κ2) is 8.02. The number of amides is 1. The zero-order chi connectivity index (χ0) is 17.2. The first-order valence-electron chi connectivity index (χ1n) is 8.47. The van der Waals surface area contributed by atoms with Crippen LogP contribution in [0.1, 0.15) is 25.8 Å². The second-order valence-corrected chi connectivity index (χ2v) is 17.6. The number of rotatable bonds is 4. The summed E-state index contributed by atoms with van der Waals surface area (Å²) in [5, 5.41) is 3.49. The van der Waals surface area contributed by atoms with Gasteiger partial charge in [-0.05, 0) is 0 Å². The van der Waals surface area contributed by atoms with Crippen LogP contribution in [0.4, 0.5) is 4.79 Å². The van der Waals surface area contributed by atoms with E-state index >= 15 is 0 Å². The molecule has 5 nitrogen and oxygen atoms in total. The van der Waals surface area contributed by atoms with Crippen LogP contribution >= 0.6 is 11.9 Å². The molecule has 3 rings (SSSR count). The van der Waals surface area contributed by atoms with Gasteiger partial charge in [0.15, 0.2) is 0 Å². The summed E-state index contributed by atoms with van der Waals surface area (Å²) < 4.78 is 12.8. The van der Waals surface area contributed by atoms with Crippen LogP contribution in [0.25, 0.3) is 0 Å². The molecular formula is C17H23BrHgN2O3. The van der Waals surface area contributed by atoms with Gasteiger partial charge in [-0.2, -0.15) is 0 Å². The van der Waals surface area contributed by atoms with E-state index in [9.17, 15) is 4.79 Å². The molecule has 1 N–H and O–H groups in total. The zero-order valence-corrected chi connectivity index (χ0v) is 21.3. The molecule has 7 heteroatoms. The summed E-state index contributed by atoms with van der Waals surface area (Å²) in [4.78, 5) is 14.6. The Morgan fingerprint density at radius 3 is 2.92 bits per heavy atom. The van der Waals surface area contributed by atoms with Crippen molar-refractivity contribution in [2.24, 2.45) is 0 Å². The van der Waals surface area contributed by atoms with Crippen molar-refractivity contribution in [3.05, 3.63) is 35.9 Å². The third-order valence-corrected chi connectivity index (χ3v) is 12.1. The summed E-state index contributed by atoms with van der Waals surface area (Å²) >= 11 is 2.68. The topological polar surface area (TPSA) is 50.8 Å². The Labute approximate surface area is 161 Å². The molecular weight excluding hydrogens is 561 g/mol. The molecule has 0 bridgehead atoms. The Kier molecular flexibility index (Phi) is 6.22. The summed E-state index contributed by atoms with van der Waals surface area (Å²) in [6.07, 6.45) is 0.881. The van der Waals surface area contributed by atoms with Crippen molar-refractivity contribution in [3.63, 3.8) is 0 Å². The molecule has 0 unspecified atom stereocenters. The Hall–Kier alpha value is -0.175. The molecule has 2 aliphatic rings. The molecule has 0 spiro atoms. The molecule has 2 heterocycles. The van der Waals surface area contributed by atoms with E-state index in [0.29, 0.717) is 13.2 Å². The van der Waals surface area contributed by atoms with Crippen molar-refractivity contribution in [2.45, 2.75) is 54.7 Å². The number of piperidine rings is 1. The molecule has 0 saturated carbocycles. The van der Waals surface area contributed by atoms with Crippen molar-refractivity contribution in [1.82, 2.24) is 10.2 Å². The van der Waals surface area contributed by atoms with Crippen LogP contribution in [0, 0.1) is 0 Å². The van der Waals surface area contributed by atoms with E-state index in [4.69, 9.17) is 9.47 Å². The average Bonchev–Trinajstić information content (AvgIpc) is 2.86. The number of carbonyl (C=O) groups excluding carboxylic acids is 1. The molecule has 128 valence electrons. The van der Waals surface area contributed by atoms with E-state index in [1.807, 2.05) is 49.1 Å². The van der Waals surface area contributed by atoms with Gasteiger partial charge in [-0.1, -0.05) is 0 Å². The molecule has 1 aromatic rings. The van der Waals surface area contributed by atoms with Gasteiger partial charge in [0.25, 0.3) is 0 Å². The minimum absolute atomic E-state index is 0.188. The van der Waals surface area contributed by atoms with Crippen molar-refractivity contribution >= 4 is 18.0 Å². The number of nitrogens with one attached hydrogen (secondary N) is 1. The first kappa shape index (κ1) is 18.6. The maximum absolute atomic E-state index is 12.7. The fourth-order valence-corrected chi connectivity index (χ4v) is 11.3. The molecule has 0 aromatic heterocycles. The average molecular weight is 584 g/mol.